The molecule has 1 aliphatic rings. The van der Waals surface area contributed by atoms with Crippen LogP contribution in [0.3, 0.4) is 0 Å². The third kappa shape index (κ3) is 3.88. The number of fused-ring (bicyclic) bond motifs is 1. The topological polar surface area (TPSA) is 74.8 Å². The van der Waals surface area contributed by atoms with Crippen molar-refractivity contribution in [2.45, 2.75) is 25.7 Å². The van der Waals surface area contributed by atoms with Crippen LogP contribution in [-0.2, 0) is 25.7 Å². The molecule has 0 fully saturated rings. The van der Waals surface area contributed by atoms with E-state index in [-0.39, 0.29) is 24.5 Å². The molecular formula is C19H15F4N5O. The number of alkyl halides is 3. The number of hydrogen-bond acceptors (Lipinski definition) is 5. The Kier molecular flexibility index (Phi) is 4.87. The average molecular weight is 405 g/mol. The van der Waals surface area contributed by atoms with Crippen molar-refractivity contribution in [3.8, 4) is 11.4 Å². The van der Waals surface area contributed by atoms with Crippen LogP contribution in [0.5, 0.6) is 0 Å². The molecule has 6 nitrogen and oxygen atoms in total. The predicted molar refractivity (Wildman–Crippen MR) is 95.1 cm³/mol. The van der Waals surface area contributed by atoms with E-state index < -0.39 is 23.1 Å². The van der Waals surface area contributed by atoms with E-state index in [2.05, 4.69) is 19.9 Å². The molecule has 4 rings (SSSR count). The number of hydrogen-bond donors (Lipinski definition) is 1. The second-order valence-electron chi connectivity index (χ2n) is 6.69. The average Bonchev–Trinajstić information content (AvgIpc) is 2.69. The summed E-state index contributed by atoms with van der Waals surface area (Å²) in [4.78, 5) is 28.9. The molecule has 1 aliphatic heterocycles. The molecule has 0 radical (unpaired) electrons. The number of rotatable bonds is 3. The van der Waals surface area contributed by atoms with Crippen LogP contribution in [0.25, 0.3) is 11.4 Å². The van der Waals surface area contributed by atoms with Gasteiger partial charge < -0.3 is 4.98 Å². The van der Waals surface area contributed by atoms with Crippen LogP contribution in [0.1, 0.15) is 22.4 Å². The molecule has 0 atom stereocenters. The summed E-state index contributed by atoms with van der Waals surface area (Å²) in [6.07, 6.45) is -0.0190. The Morgan fingerprint density at radius 1 is 1.17 bits per heavy atom. The summed E-state index contributed by atoms with van der Waals surface area (Å²) >= 11 is 0. The SMILES string of the molecule is O=c1[nH]c(-c2cncnc2)nc2c1CCN(Cc1c(F)cccc1C(F)(F)F)C2. The van der Waals surface area contributed by atoms with Gasteiger partial charge >= 0.3 is 6.18 Å². The lowest BCUT2D eigenvalue weighted by Crippen LogP contribution is -2.35. The standard InChI is InChI=1S/C19H15F4N5O/c20-15-3-1-2-14(19(21,22)23)13(15)8-28-5-4-12-16(9-28)26-17(27-18(12)29)11-6-24-10-25-7-11/h1-3,6-7,10H,4-5,8-9H2,(H,26,27,29). The fourth-order valence-corrected chi connectivity index (χ4v) is 3.40. The number of H-pyrrole nitrogens is 1. The molecule has 0 aliphatic carbocycles. The summed E-state index contributed by atoms with van der Waals surface area (Å²) in [6.45, 7) is 0.210. The van der Waals surface area contributed by atoms with Gasteiger partial charge in [0.25, 0.3) is 5.56 Å². The Hall–Kier alpha value is -3.14. The Morgan fingerprint density at radius 3 is 2.66 bits per heavy atom. The van der Waals surface area contributed by atoms with Gasteiger partial charge in [-0.3, -0.25) is 9.69 Å². The molecule has 0 unspecified atom stereocenters. The highest BCUT2D eigenvalue weighted by molar-refractivity contribution is 5.52. The molecule has 2 aromatic heterocycles. The van der Waals surface area contributed by atoms with E-state index in [1.807, 2.05) is 0 Å². The number of aromatic amines is 1. The molecule has 3 heterocycles. The van der Waals surface area contributed by atoms with Gasteiger partial charge in [0.05, 0.1) is 16.8 Å². The largest absolute Gasteiger partial charge is 0.416 e. The van der Waals surface area contributed by atoms with Gasteiger partial charge in [-0.05, 0) is 18.6 Å². The number of aromatic nitrogens is 4. The highest BCUT2D eigenvalue weighted by Gasteiger charge is 2.35. The maximum Gasteiger partial charge on any atom is 0.416 e. The van der Waals surface area contributed by atoms with Crippen LogP contribution in [0.4, 0.5) is 17.6 Å². The normalized spacial score (nSPS) is 14.6. The maximum absolute atomic E-state index is 14.2. The lowest BCUT2D eigenvalue weighted by molar-refractivity contribution is -0.138. The quantitative estimate of drug-likeness (QED) is 0.679. The van der Waals surface area contributed by atoms with Gasteiger partial charge in [0.2, 0.25) is 0 Å². The zero-order valence-electron chi connectivity index (χ0n) is 15.0. The molecule has 0 bridgehead atoms. The molecule has 0 saturated heterocycles. The van der Waals surface area contributed by atoms with Gasteiger partial charge in [-0.2, -0.15) is 13.2 Å². The van der Waals surface area contributed by atoms with Crippen molar-refractivity contribution < 1.29 is 17.6 Å². The zero-order chi connectivity index (χ0) is 20.6. The van der Waals surface area contributed by atoms with Crippen molar-refractivity contribution >= 4 is 0 Å². The van der Waals surface area contributed by atoms with Gasteiger partial charge in [-0.25, -0.2) is 19.3 Å². The first-order valence-electron chi connectivity index (χ1n) is 8.77. The Balaban J connectivity index is 1.65. The first-order chi connectivity index (χ1) is 13.8. The number of nitrogens with zero attached hydrogens (tertiary/aromatic N) is 4. The third-order valence-corrected chi connectivity index (χ3v) is 4.79. The van der Waals surface area contributed by atoms with E-state index in [0.717, 1.165) is 18.2 Å². The lowest BCUT2D eigenvalue weighted by atomic mass is 10.0. The van der Waals surface area contributed by atoms with Gasteiger partial charge in [-0.15, -0.1) is 0 Å². The maximum atomic E-state index is 14.2. The summed E-state index contributed by atoms with van der Waals surface area (Å²) in [5.74, 6) is -0.635. The van der Waals surface area contributed by atoms with Gasteiger partial charge in [-0.1, -0.05) is 6.07 Å². The smallest absolute Gasteiger partial charge is 0.306 e. The van der Waals surface area contributed by atoms with E-state index in [9.17, 15) is 22.4 Å². The Labute approximate surface area is 162 Å². The fraction of sp³-hybridized carbons (Fsp3) is 0.263. The number of halogens is 4. The van der Waals surface area contributed by atoms with Gasteiger partial charge in [0.15, 0.2) is 0 Å². The minimum absolute atomic E-state index is 0.131. The first kappa shape index (κ1) is 19.2. The second kappa shape index (κ2) is 7.36. The molecule has 150 valence electrons. The monoisotopic (exact) mass is 405 g/mol. The Bertz CT molecular complexity index is 1100. The van der Waals surface area contributed by atoms with Gasteiger partial charge in [0, 0.05) is 43.2 Å². The van der Waals surface area contributed by atoms with Crippen LogP contribution < -0.4 is 5.56 Å². The number of benzene rings is 1. The molecule has 10 heteroatoms. The summed E-state index contributed by atoms with van der Waals surface area (Å²) in [5, 5.41) is 0. The zero-order valence-corrected chi connectivity index (χ0v) is 15.0. The molecule has 29 heavy (non-hydrogen) atoms. The second-order valence-corrected chi connectivity index (χ2v) is 6.69. The molecule has 3 aromatic rings. The third-order valence-electron chi connectivity index (χ3n) is 4.79. The van der Waals surface area contributed by atoms with Crippen molar-refractivity contribution in [1.82, 2.24) is 24.8 Å². The molecule has 0 amide bonds. The Morgan fingerprint density at radius 2 is 1.93 bits per heavy atom. The lowest BCUT2D eigenvalue weighted by Gasteiger charge is -2.28. The van der Waals surface area contributed by atoms with E-state index >= 15 is 0 Å². The molecule has 1 aromatic carbocycles. The fourth-order valence-electron chi connectivity index (χ4n) is 3.40. The van der Waals surface area contributed by atoms with E-state index in [0.29, 0.717) is 29.8 Å². The van der Waals surface area contributed by atoms with E-state index in [1.165, 1.54) is 18.7 Å². The highest BCUT2D eigenvalue weighted by Crippen LogP contribution is 2.34. The van der Waals surface area contributed by atoms with Crippen molar-refractivity contribution in [3.05, 3.63) is 75.5 Å². The molecule has 0 saturated carbocycles. The molecule has 1 N–H and O–H groups in total. The van der Waals surface area contributed by atoms with E-state index in [1.54, 1.807) is 4.90 Å². The molecule has 0 spiro atoms. The van der Waals surface area contributed by atoms with Crippen LogP contribution in [0.2, 0.25) is 0 Å². The van der Waals surface area contributed by atoms with Crippen LogP contribution >= 0.6 is 0 Å². The predicted octanol–water partition coefficient (Wildman–Crippen LogP) is 2.94. The van der Waals surface area contributed by atoms with Crippen LogP contribution in [0, 0.1) is 5.82 Å². The summed E-state index contributed by atoms with van der Waals surface area (Å²) < 4.78 is 54.0. The number of nitrogens with one attached hydrogen (secondary N) is 1. The minimum atomic E-state index is -4.65. The van der Waals surface area contributed by atoms with Crippen molar-refractivity contribution in [2.75, 3.05) is 6.54 Å². The van der Waals surface area contributed by atoms with Crippen molar-refractivity contribution in [3.63, 3.8) is 0 Å². The van der Waals surface area contributed by atoms with Crippen molar-refractivity contribution in [1.29, 1.82) is 0 Å². The summed E-state index contributed by atoms with van der Waals surface area (Å²) in [7, 11) is 0. The van der Waals surface area contributed by atoms with Gasteiger partial charge in [0.1, 0.15) is 18.0 Å². The van der Waals surface area contributed by atoms with E-state index in [4.69, 9.17) is 0 Å². The van der Waals surface area contributed by atoms with Crippen LogP contribution in [-0.4, -0.2) is 31.4 Å². The first-order valence-corrected chi connectivity index (χ1v) is 8.77. The summed E-state index contributed by atoms with van der Waals surface area (Å²) in [5.41, 5.74) is -0.280. The van der Waals surface area contributed by atoms with Crippen LogP contribution in [0.15, 0.2) is 41.7 Å². The summed E-state index contributed by atoms with van der Waals surface area (Å²) in [6, 6.07) is 2.92. The highest BCUT2D eigenvalue weighted by atomic mass is 19.4. The van der Waals surface area contributed by atoms with Crippen molar-refractivity contribution in [2.24, 2.45) is 0 Å². The minimum Gasteiger partial charge on any atom is -0.306 e. The molecular weight excluding hydrogens is 390 g/mol.